The largest absolute Gasteiger partial charge is 0.294 e. The van der Waals surface area contributed by atoms with E-state index < -0.39 is 0 Å². The maximum absolute atomic E-state index is 10.8. The molecule has 0 spiro atoms. The molecule has 1 rings (SSSR count). The third-order valence-corrected chi connectivity index (χ3v) is 1.18. The second-order valence-corrected chi connectivity index (χ2v) is 1.82. The lowest BCUT2D eigenvalue weighted by Crippen LogP contribution is -2.35. The van der Waals surface area contributed by atoms with Gasteiger partial charge in [0, 0.05) is 6.42 Å². The molecule has 3 nitrogen and oxygen atoms in total. The molecule has 1 N–H and O–H groups in total. The Morgan fingerprint density at radius 1 is 2.00 bits per heavy atom. The van der Waals surface area contributed by atoms with E-state index in [9.17, 15) is 4.79 Å². The molecule has 3 heteroatoms. The van der Waals surface area contributed by atoms with Crippen molar-refractivity contribution in [2.45, 2.75) is 13.3 Å². The monoisotopic (exact) mass is 125 g/mol. The van der Waals surface area contributed by atoms with Gasteiger partial charge in [-0.2, -0.15) is 0 Å². The smallest absolute Gasteiger partial charge is 0.240 e. The highest BCUT2D eigenvalue weighted by Gasteiger charge is 2.10. The van der Waals surface area contributed by atoms with Crippen molar-refractivity contribution in [3.63, 3.8) is 0 Å². The van der Waals surface area contributed by atoms with Crippen molar-refractivity contribution in [2.75, 3.05) is 6.54 Å². The molecule has 1 heterocycles. The van der Waals surface area contributed by atoms with Crippen LogP contribution >= 0.6 is 0 Å². The van der Waals surface area contributed by atoms with E-state index in [1.807, 2.05) is 6.92 Å². The molecule has 0 saturated heterocycles. The first-order valence-electron chi connectivity index (χ1n) is 2.98. The topological polar surface area (TPSA) is 32.3 Å². The molecule has 9 heavy (non-hydrogen) atoms. The minimum absolute atomic E-state index is 0.108. The Hall–Kier alpha value is -0.990. The van der Waals surface area contributed by atoms with Gasteiger partial charge in [-0.15, -0.1) is 0 Å². The van der Waals surface area contributed by atoms with E-state index >= 15 is 0 Å². The van der Waals surface area contributed by atoms with Crippen LogP contribution in [0.15, 0.2) is 6.08 Å². The van der Waals surface area contributed by atoms with E-state index in [1.54, 1.807) is 6.08 Å². The van der Waals surface area contributed by atoms with Crippen LogP contribution in [-0.4, -0.2) is 17.5 Å². The molecular formula is C6H9N2O. The summed E-state index contributed by atoms with van der Waals surface area (Å²) in [5.74, 6) is 0.108. The number of nitrogens with one attached hydrogen (secondary N) is 1. The number of nitrogens with zero attached hydrogens (tertiary/aromatic N) is 1. The van der Waals surface area contributed by atoms with Crippen molar-refractivity contribution < 1.29 is 4.79 Å². The van der Waals surface area contributed by atoms with E-state index in [2.05, 4.69) is 11.6 Å². The van der Waals surface area contributed by atoms with Gasteiger partial charge in [0.05, 0.1) is 12.7 Å². The van der Waals surface area contributed by atoms with Gasteiger partial charge in [0.25, 0.3) is 0 Å². The highest BCUT2D eigenvalue weighted by molar-refractivity contribution is 5.75. The van der Waals surface area contributed by atoms with Gasteiger partial charge < -0.3 is 0 Å². The Morgan fingerprint density at radius 3 is 3.22 bits per heavy atom. The Kier molecular flexibility index (Phi) is 1.72. The molecular weight excluding hydrogens is 116 g/mol. The van der Waals surface area contributed by atoms with Crippen LogP contribution in [0.25, 0.3) is 0 Å². The first kappa shape index (κ1) is 6.13. The Balaban J connectivity index is 2.36. The number of hydrazine groups is 1. The lowest BCUT2D eigenvalue weighted by atomic mass is 10.4. The van der Waals surface area contributed by atoms with Crippen molar-refractivity contribution in [1.82, 2.24) is 10.4 Å². The molecule has 1 aliphatic rings. The molecule has 0 aromatic rings. The minimum atomic E-state index is 0.108. The molecule has 0 atom stereocenters. The highest BCUT2D eigenvalue weighted by atomic mass is 16.2. The predicted molar refractivity (Wildman–Crippen MR) is 33.0 cm³/mol. The fourth-order valence-corrected chi connectivity index (χ4v) is 0.661. The molecule has 0 aromatic carbocycles. The zero-order valence-corrected chi connectivity index (χ0v) is 5.35. The summed E-state index contributed by atoms with van der Waals surface area (Å²) in [4.78, 5) is 10.8. The van der Waals surface area contributed by atoms with Crippen LogP contribution in [0.2, 0.25) is 0 Å². The molecule has 49 valence electrons. The van der Waals surface area contributed by atoms with Gasteiger partial charge in [-0.3, -0.25) is 15.2 Å². The average molecular weight is 125 g/mol. The van der Waals surface area contributed by atoms with Crippen molar-refractivity contribution in [2.24, 2.45) is 0 Å². The molecule has 1 amide bonds. The van der Waals surface area contributed by atoms with E-state index in [4.69, 9.17) is 0 Å². The summed E-state index contributed by atoms with van der Waals surface area (Å²) < 4.78 is 0. The fraction of sp³-hybridized carbons (Fsp3) is 0.500. The van der Waals surface area contributed by atoms with E-state index in [0.717, 1.165) is 0 Å². The maximum atomic E-state index is 10.8. The molecule has 0 aromatic heterocycles. The number of amides is 1. The van der Waals surface area contributed by atoms with Crippen LogP contribution in [0, 0.1) is 6.20 Å². The predicted octanol–water partition coefficient (Wildman–Crippen LogP) is 0.0601. The second-order valence-electron chi connectivity index (χ2n) is 1.82. The minimum Gasteiger partial charge on any atom is -0.294 e. The molecule has 1 radical (unpaired) electrons. The summed E-state index contributed by atoms with van der Waals surface area (Å²) in [6.45, 7) is 2.48. The quantitative estimate of drug-likeness (QED) is 0.537. The molecule has 0 fully saturated rings. The van der Waals surface area contributed by atoms with Gasteiger partial charge in [-0.25, -0.2) is 0 Å². The van der Waals surface area contributed by atoms with Crippen LogP contribution in [-0.2, 0) is 4.79 Å². The highest BCUT2D eigenvalue weighted by Crippen LogP contribution is 1.94. The third-order valence-electron chi connectivity index (χ3n) is 1.18. The van der Waals surface area contributed by atoms with Crippen molar-refractivity contribution >= 4 is 5.91 Å². The van der Waals surface area contributed by atoms with Crippen molar-refractivity contribution in [1.29, 1.82) is 0 Å². The molecule has 1 aliphatic heterocycles. The summed E-state index contributed by atoms with van der Waals surface area (Å²) in [7, 11) is 0. The van der Waals surface area contributed by atoms with Crippen LogP contribution in [0.3, 0.4) is 0 Å². The number of hydrogen-bond donors (Lipinski definition) is 1. The summed E-state index contributed by atoms with van der Waals surface area (Å²) in [6, 6.07) is 0. The standard InChI is InChI=1S/C6H9N2O/c1-2-6(9)8-5-3-4-7-8/h3,7H,2,5H2,1H3. The van der Waals surface area contributed by atoms with Crippen LogP contribution in [0.4, 0.5) is 0 Å². The molecule has 0 aliphatic carbocycles. The fourth-order valence-electron chi connectivity index (χ4n) is 0.661. The molecule has 0 saturated carbocycles. The Bertz CT molecular complexity index is 134. The zero-order chi connectivity index (χ0) is 6.69. The van der Waals surface area contributed by atoms with Crippen LogP contribution in [0.5, 0.6) is 0 Å². The summed E-state index contributed by atoms with van der Waals surface area (Å²) in [5, 5.41) is 1.53. The van der Waals surface area contributed by atoms with Gasteiger partial charge in [0.1, 0.15) is 0 Å². The lowest BCUT2D eigenvalue weighted by molar-refractivity contribution is -0.132. The maximum Gasteiger partial charge on any atom is 0.240 e. The van der Waals surface area contributed by atoms with Crippen LogP contribution in [0.1, 0.15) is 13.3 Å². The van der Waals surface area contributed by atoms with Crippen molar-refractivity contribution in [3.05, 3.63) is 12.3 Å². The van der Waals surface area contributed by atoms with Gasteiger partial charge >= 0.3 is 0 Å². The number of rotatable bonds is 1. The SMILES string of the molecule is CCC(=O)N1CC=[C]N1. The third kappa shape index (κ3) is 1.22. The van der Waals surface area contributed by atoms with E-state index in [0.29, 0.717) is 13.0 Å². The van der Waals surface area contributed by atoms with Crippen LogP contribution < -0.4 is 5.43 Å². The Morgan fingerprint density at radius 2 is 2.78 bits per heavy atom. The lowest BCUT2D eigenvalue weighted by Gasteiger charge is -2.13. The number of carbonyl (C=O) groups excluding carboxylic acids is 1. The summed E-state index contributed by atoms with van der Waals surface area (Å²) in [5.41, 5.74) is 2.69. The number of hydrogen-bond acceptors (Lipinski definition) is 2. The van der Waals surface area contributed by atoms with Gasteiger partial charge in [0.2, 0.25) is 5.91 Å². The first-order chi connectivity index (χ1) is 4.34. The van der Waals surface area contributed by atoms with E-state index in [-0.39, 0.29) is 5.91 Å². The van der Waals surface area contributed by atoms with E-state index in [1.165, 1.54) is 5.01 Å². The first-order valence-corrected chi connectivity index (χ1v) is 2.98. The van der Waals surface area contributed by atoms with Crippen molar-refractivity contribution in [3.8, 4) is 0 Å². The molecule has 0 bridgehead atoms. The average Bonchev–Trinajstić information content (AvgIpc) is 2.37. The van der Waals surface area contributed by atoms with Gasteiger partial charge in [-0.05, 0) is 6.08 Å². The van der Waals surface area contributed by atoms with Gasteiger partial charge in [0.15, 0.2) is 0 Å². The summed E-state index contributed by atoms with van der Waals surface area (Å²) in [6.07, 6.45) is 5.05. The van der Waals surface area contributed by atoms with Gasteiger partial charge in [-0.1, -0.05) is 6.92 Å². The summed E-state index contributed by atoms with van der Waals surface area (Å²) >= 11 is 0. The molecule has 0 unspecified atom stereocenters. The normalized spacial score (nSPS) is 15.9. The number of carbonyl (C=O) groups is 1. The second kappa shape index (κ2) is 2.53. The zero-order valence-electron chi connectivity index (χ0n) is 5.35. The Labute approximate surface area is 54.3 Å².